The molecular weight excluding hydrogens is 238 g/mol. The van der Waals surface area contributed by atoms with Crippen LogP contribution in [-0.2, 0) is 27.8 Å². The zero-order valence-corrected chi connectivity index (χ0v) is 8.76. The van der Waals surface area contributed by atoms with Crippen molar-refractivity contribution in [3.05, 3.63) is 0 Å². The van der Waals surface area contributed by atoms with Gasteiger partial charge in [0, 0.05) is 0 Å². The van der Waals surface area contributed by atoms with E-state index in [-0.39, 0.29) is 0 Å². The van der Waals surface area contributed by atoms with Gasteiger partial charge in [-0.05, 0) is 0 Å². The van der Waals surface area contributed by atoms with Gasteiger partial charge < -0.3 is 18.8 Å². The lowest BCUT2D eigenvalue weighted by atomic mass is 10.3. The topological polar surface area (TPSA) is 127 Å². The summed E-state index contributed by atoms with van der Waals surface area (Å²) in [6.45, 7) is 0. The van der Waals surface area contributed by atoms with Crippen molar-refractivity contribution in [1.29, 1.82) is 0 Å². The summed E-state index contributed by atoms with van der Waals surface area (Å²) < 4.78 is 27.6. The highest BCUT2D eigenvalue weighted by Gasteiger charge is 2.11. The Hall–Kier alpha value is -0.680. The smallest absolute Gasteiger partial charge is 0.367 e. The van der Waals surface area contributed by atoms with Crippen LogP contribution in [-0.4, -0.2) is 21.7 Å². The molecule has 2 unspecified atom stereocenters. The van der Waals surface area contributed by atoms with Crippen LogP contribution in [0.2, 0.25) is 0 Å². The first-order valence-electron chi connectivity index (χ1n) is 3.29. The first kappa shape index (κ1) is 13.3. The molecule has 0 spiro atoms. The summed E-state index contributed by atoms with van der Waals surface area (Å²) in [4.78, 5) is 37.4. The van der Waals surface area contributed by atoms with Crippen LogP contribution in [0.1, 0.15) is 12.8 Å². The highest BCUT2D eigenvalue weighted by Crippen LogP contribution is 2.18. The predicted molar refractivity (Wildman–Crippen MR) is 43.9 cm³/mol. The lowest BCUT2D eigenvalue weighted by Crippen LogP contribution is -2.05. The molecule has 0 saturated heterocycles. The van der Waals surface area contributed by atoms with Gasteiger partial charge in [0.25, 0.3) is 0 Å². The quantitative estimate of drug-likeness (QED) is 0.628. The molecule has 0 rings (SSSR count). The Kier molecular flexibility index (Phi) is 6.40. The molecule has 8 nitrogen and oxygen atoms in total. The molecule has 2 N–H and O–H groups in total. The molecule has 0 amide bonds. The van der Waals surface area contributed by atoms with Crippen molar-refractivity contribution in [2.24, 2.45) is 0 Å². The Labute approximate surface area is 79.7 Å². The van der Waals surface area contributed by atoms with Gasteiger partial charge in [-0.25, -0.2) is 9.13 Å². The van der Waals surface area contributed by atoms with E-state index >= 15 is 0 Å². The van der Waals surface area contributed by atoms with Gasteiger partial charge >= 0.3 is 28.4 Å². The molecule has 0 radical (unpaired) electrons. The summed E-state index contributed by atoms with van der Waals surface area (Å²) in [7, 11) is -6.72. The van der Waals surface area contributed by atoms with Gasteiger partial charge in [-0.15, -0.1) is 0 Å². The molecule has 2 atom stereocenters. The van der Waals surface area contributed by atoms with Crippen molar-refractivity contribution in [2.45, 2.75) is 12.8 Å². The molecule has 0 aromatic heterocycles. The van der Waals surface area contributed by atoms with Gasteiger partial charge in [0.05, 0.1) is 12.8 Å². The minimum absolute atomic E-state index is 0.481. The molecule has 10 heteroatoms. The minimum Gasteiger partial charge on any atom is -0.394 e. The summed E-state index contributed by atoms with van der Waals surface area (Å²) in [5, 5.41) is 0. The SMILES string of the molecule is O=C(CCC(=O)O[PH](=O)O)O[PH](=O)O. The number of rotatable bonds is 5. The molecule has 0 fully saturated rings. The number of hydrogen-bond acceptors (Lipinski definition) is 6. The molecule has 0 bridgehead atoms. The van der Waals surface area contributed by atoms with Crippen LogP contribution < -0.4 is 0 Å². The predicted octanol–water partition coefficient (Wildman–Crippen LogP) is -0.383. The molecule has 0 aliphatic carbocycles. The lowest BCUT2D eigenvalue weighted by Gasteiger charge is -2.00. The highest BCUT2D eigenvalue weighted by atomic mass is 31.1. The van der Waals surface area contributed by atoms with Crippen molar-refractivity contribution in [2.75, 3.05) is 0 Å². The first-order chi connectivity index (χ1) is 6.41. The van der Waals surface area contributed by atoms with Crippen LogP contribution >= 0.6 is 16.5 Å². The Bertz CT molecular complexity index is 245. The highest BCUT2D eigenvalue weighted by molar-refractivity contribution is 7.33. The maximum absolute atomic E-state index is 10.5. The van der Waals surface area contributed by atoms with Gasteiger partial charge in [0.2, 0.25) is 0 Å². The molecule has 0 heterocycles. The molecule has 0 aliphatic rings. The van der Waals surface area contributed by atoms with E-state index < -0.39 is 41.3 Å². The largest absolute Gasteiger partial charge is 0.394 e. The van der Waals surface area contributed by atoms with Crippen LogP contribution in [0, 0.1) is 0 Å². The number of hydrogen-bond donors (Lipinski definition) is 2. The van der Waals surface area contributed by atoms with Gasteiger partial charge in [-0.2, -0.15) is 0 Å². The summed E-state index contributed by atoms with van der Waals surface area (Å²) in [6.07, 6.45) is -0.962. The fourth-order valence-corrected chi connectivity index (χ4v) is 1.09. The van der Waals surface area contributed by atoms with Crippen LogP contribution in [0.25, 0.3) is 0 Å². The molecule has 0 aromatic carbocycles. The molecular formula is C4H8O8P2. The number of carbonyl (C=O) groups excluding carboxylic acids is 2. The second kappa shape index (κ2) is 6.73. The first-order valence-corrected chi connectivity index (χ1v) is 5.81. The third kappa shape index (κ3) is 7.94. The standard InChI is InChI=1S/C4H8O8P2/c5-3(11-13(7)8)1-2-4(6)12-14(9)10/h13-14H,1-2H2,(H,7,8)(H,9,10). The fourth-order valence-electron chi connectivity index (χ4n) is 0.501. The van der Waals surface area contributed by atoms with Gasteiger partial charge in [0.1, 0.15) is 0 Å². The lowest BCUT2D eigenvalue weighted by molar-refractivity contribution is -0.140. The zero-order valence-electron chi connectivity index (χ0n) is 6.76. The van der Waals surface area contributed by atoms with Crippen molar-refractivity contribution in [1.82, 2.24) is 0 Å². The molecule has 0 aromatic rings. The molecule has 82 valence electrons. The third-order valence-corrected chi connectivity index (χ3v) is 1.74. The second-order valence-corrected chi connectivity index (χ2v) is 3.45. The van der Waals surface area contributed by atoms with Crippen LogP contribution in [0.4, 0.5) is 0 Å². The molecule has 14 heavy (non-hydrogen) atoms. The molecule has 0 aliphatic heterocycles. The van der Waals surface area contributed by atoms with Gasteiger partial charge in [0.15, 0.2) is 0 Å². The Morgan fingerprint density at radius 1 is 0.929 bits per heavy atom. The fraction of sp³-hybridized carbons (Fsp3) is 0.500. The van der Waals surface area contributed by atoms with E-state index in [2.05, 4.69) is 9.05 Å². The normalized spacial score (nSPS) is 14.1. The minimum atomic E-state index is -3.36. The van der Waals surface area contributed by atoms with Gasteiger partial charge in [-0.3, -0.25) is 9.59 Å². The summed E-state index contributed by atoms with van der Waals surface area (Å²) >= 11 is 0. The summed E-state index contributed by atoms with van der Waals surface area (Å²) in [5.74, 6) is -2.10. The van der Waals surface area contributed by atoms with Gasteiger partial charge in [-0.1, -0.05) is 0 Å². The Morgan fingerprint density at radius 2 is 1.21 bits per heavy atom. The second-order valence-electron chi connectivity index (χ2n) is 1.98. The Balaban J connectivity index is 3.72. The zero-order chi connectivity index (χ0) is 11.1. The van der Waals surface area contributed by atoms with Crippen molar-refractivity contribution >= 4 is 28.4 Å². The van der Waals surface area contributed by atoms with Crippen LogP contribution in [0.15, 0.2) is 0 Å². The van der Waals surface area contributed by atoms with E-state index in [0.29, 0.717) is 0 Å². The maximum atomic E-state index is 10.5. The Morgan fingerprint density at radius 3 is 1.43 bits per heavy atom. The van der Waals surface area contributed by atoms with Crippen LogP contribution in [0.3, 0.4) is 0 Å². The number of carbonyl (C=O) groups is 2. The van der Waals surface area contributed by atoms with E-state index in [1.165, 1.54) is 0 Å². The average molecular weight is 246 g/mol. The maximum Gasteiger partial charge on any atom is 0.367 e. The average Bonchev–Trinajstić information content (AvgIpc) is 1.98. The summed E-state index contributed by atoms with van der Waals surface area (Å²) in [6, 6.07) is 0. The van der Waals surface area contributed by atoms with E-state index in [9.17, 15) is 18.7 Å². The monoisotopic (exact) mass is 246 g/mol. The van der Waals surface area contributed by atoms with E-state index in [1.807, 2.05) is 0 Å². The van der Waals surface area contributed by atoms with Crippen molar-refractivity contribution in [3.63, 3.8) is 0 Å². The summed E-state index contributed by atoms with van der Waals surface area (Å²) in [5.41, 5.74) is 0. The van der Waals surface area contributed by atoms with E-state index in [0.717, 1.165) is 0 Å². The molecule has 0 saturated carbocycles. The van der Waals surface area contributed by atoms with E-state index in [4.69, 9.17) is 9.79 Å². The van der Waals surface area contributed by atoms with Crippen molar-refractivity contribution in [3.8, 4) is 0 Å². The third-order valence-electron chi connectivity index (χ3n) is 0.936. The van der Waals surface area contributed by atoms with E-state index in [1.54, 1.807) is 0 Å². The van der Waals surface area contributed by atoms with Crippen molar-refractivity contribution < 1.29 is 37.6 Å². The van der Waals surface area contributed by atoms with Crippen LogP contribution in [0.5, 0.6) is 0 Å².